The lowest BCUT2D eigenvalue weighted by Crippen LogP contribution is -1.95. The SMILES string of the molecule is CCCc1cc(CCC)c2c(CCC)cccc2c1. The summed E-state index contributed by atoms with van der Waals surface area (Å²) < 4.78 is 0. The van der Waals surface area contributed by atoms with Crippen LogP contribution in [0, 0.1) is 0 Å². The van der Waals surface area contributed by atoms with Gasteiger partial charge in [-0.15, -0.1) is 0 Å². The van der Waals surface area contributed by atoms with Crippen molar-refractivity contribution in [2.45, 2.75) is 59.3 Å². The Kier molecular flexibility index (Phi) is 5.01. The third-order valence-electron chi connectivity index (χ3n) is 3.78. The number of hydrogen-bond acceptors (Lipinski definition) is 0. The predicted octanol–water partition coefficient (Wildman–Crippen LogP) is 5.70. The predicted molar refractivity (Wildman–Crippen MR) is 85.9 cm³/mol. The van der Waals surface area contributed by atoms with Crippen LogP contribution in [0.15, 0.2) is 30.3 Å². The van der Waals surface area contributed by atoms with Gasteiger partial charge in [0.15, 0.2) is 0 Å². The summed E-state index contributed by atoms with van der Waals surface area (Å²) in [7, 11) is 0. The molecule has 0 nitrogen and oxygen atoms in total. The zero-order valence-electron chi connectivity index (χ0n) is 12.6. The summed E-state index contributed by atoms with van der Waals surface area (Å²) in [5.41, 5.74) is 4.60. The fraction of sp³-hybridized carbons (Fsp3) is 0.474. The van der Waals surface area contributed by atoms with Crippen LogP contribution >= 0.6 is 0 Å². The topological polar surface area (TPSA) is 0 Å². The molecule has 0 saturated carbocycles. The minimum absolute atomic E-state index is 1.20. The number of aryl methyl sites for hydroxylation is 3. The molecule has 0 saturated heterocycles. The Bertz CT molecular complexity index is 537. The fourth-order valence-electron chi connectivity index (χ4n) is 3.05. The van der Waals surface area contributed by atoms with E-state index >= 15 is 0 Å². The Morgan fingerprint density at radius 2 is 1.42 bits per heavy atom. The molecule has 0 heteroatoms. The quantitative estimate of drug-likeness (QED) is 0.620. The molecule has 0 aliphatic rings. The van der Waals surface area contributed by atoms with E-state index in [0.717, 1.165) is 0 Å². The average molecular weight is 254 g/mol. The standard InChI is InChI=1S/C19H26/c1-4-8-15-13-17(10-6-3)19-16(9-5-2)11-7-12-18(19)14-15/h7,11-14H,4-6,8-10H2,1-3H3. The highest BCUT2D eigenvalue weighted by Crippen LogP contribution is 2.27. The molecule has 2 aromatic carbocycles. The van der Waals surface area contributed by atoms with Gasteiger partial charge in [0.1, 0.15) is 0 Å². The molecule has 0 N–H and O–H groups in total. The van der Waals surface area contributed by atoms with E-state index in [1.807, 2.05) is 0 Å². The third kappa shape index (κ3) is 3.18. The van der Waals surface area contributed by atoms with Crippen LogP contribution in [0.1, 0.15) is 56.7 Å². The summed E-state index contributed by atoms with van der Waals surface area (Å²) >= 11 is 0. The number of benzene rings is 2. The second-order valence-corrected chi connectivity index (χ2v) is 5.52. The van der Waals surface area contributed by atoms with Crippen LogP contribution in [0.2, 0.25) is 0 Å². The third-order valence-corrected chi connectivity index (χ3v) is 3.78. The van der Waals surface area contributed by atoms with E-state index in [9.17, 15) is 0 Å². The number of rotatable bonds is 6. The highest BCUT2D eigenvalue weighted by Gasteiger charge is 2.07. The second kappa shape index (κ2) is 6.75. The van der Waals surface area contributed by atoms with Gasteiger partial charge in [-0.05, 0) is 46.7 Å². The lowest BCUT2D eigenvalue weighted by atomic mass is 9.91. The normalized spacial score (nSPS) is 11.1. The Hall–Kier alpha value is -1.30. The smallest absolute Gasteiger partial charge is 0.0120 e. The van der Waals surface area contributed by atoms with E-state index in [-0.39, 0.29) is 0 Å². The van der Waals surface area contributed by atoms with Crippen molar-refractivity contribution in [3.8, 4) is 0 Å². The Balaban J connectivity index is 2.60. The Morgan fingerprint density at radius 1 is 0.737 bits per heavy atom. The molecule has 0 aromatic heterocycles. The number of hydrogen-bond donors (Lipinski definition) is 0. The summed E-state index contributed by atoms with van der Waals surface area (Å²) in [5, 5.41) is 2.98. The molecule has 102 valence electrons. The fourth-order valence-corrected chi connectivity index (χ4v) is 3.05. The number of fused-ring (bicyclic) bond motifs is 1. The minimum Gasteiger partial charge on any atom is -0.0651 e. The van der Waals surface area contributed by atoms with Gasteiger partial charge in [-0.25, -0.2) is 0 Å². The maximum Gasteiger partial charge on any atom is -0.0120 e. The van der Waals surface area contributed by atoms with Crippen molar-refractivity contribution in [2.75, 3.05) is 0 Å². The van der Waals surface area contributed by atoms with Gasteiger partial charge in [0.2, 0.25) is 0 Å². The second-order valence-electron chi connectivity index (χ2n) is 5.52. The molecule has 0 radical (unpaired) electrons. The molecule has 0 bridgehead atoms. The van der Waals surface area contributed by atoms with Crippen molar-refractivity contribution in [3.63, 3.8) is 0 Å². The molecule has 19 heavy (non-hydrogen) atoms. The molecular formula is C19H26. The molecule has 0 atom stereocenters. The molecule has 0 aliphatic heterocycles. The van der Waals surface area contributed by atoms with Crippen molar-refractivity contribution >= 4 is 10.8 Å². The summed E-state index contributed by atoms with van der Waals surface area (Å²) in [6, 6.07) is 11.7. The summed E-state index contributed by atoms with van der Waals surface area (Å²) in [6.45, 7) is 6.81. The molecular weight excluding hydrogens is 228 g/mol. The molecule has 0 heterocycles. The van der Waals surface area contributed by atoms with Gasteiger partial charge in [0.05, 0.1) is 0 Å². The van der Waals surface area contributed by atoms with Crippen LogP contribution in [0.25, 0.3) is 10.8 Å². The molecule has 0 spiro atoms. The van der Waals surface area contributed by atoms with Gasteiger partial charge in [-0.2, -0.15) is 0 Å². The highest BCUT2D eigenvalue weighted by atomic mass is 14.1. The lowest BCUT2D eigenvalue weighted by Gasteiger charge is -2.13. The zero-order chi connectivity index (χ0) is 13.7. The van der Waals surface area contributed by atoms with E-state index in [4.69, 9.17) is 0 Å². The van der Waals surface area contributed by atoms with Gasteiger partial charge < -0.3 is 0 Å². The Labute approximate surface area is 117 Å². The first kappa shape index (κ1) is 14.1. The van der Waals surface area contributed by atoms with Crippen molar-refractivity contribution in [2.24, 2.45) is 0 Å². The van der Waals surface area contributed by atoms with Gasteiger partial charge >= 0.3 is 0 Å². The largest absolute Gasteiger partial charge is 0.0651 e. The maximum absolute atomic E-state index is 2.45. The van der Waals surface area contributed by atoms with Crippen molar-refractivity contribution in [3.05, 3.63) is 47.0 Å². The van der Waals surface area contributed by atoms with Crippen LogP contribution in [-0.4, -0.2) is 0 Å². The van der Waals surface area contributed by atoms with E-state index in [0.29, 0.717) is 0 Å². The first-order chi connectivity index (χ1) is 9.30. The van der Waals surface area contributed by atoms with Crippen LogP contribution in [0.4, 0.5) is 0 Å². The summed E-state index contributed by atoms with van der Waals surface area (Å²) in [4.78, 5) is 0. The van der Waals surface area contributed by atoms with Crippen LogP contribution in [-0.2, 0) is 19.3 Å². The first-order valence-electron chi connectivity index (χ1n) is 7.83. The van der Waals surface area contributed by atoms with Gasteiger partial charge in [-0.1, -0.05) is 70.4 Å². The van der Waals surface area contributed by atoms with Crippen LogP contribution in [0.3, 0.4) is 0 Å². The van der Waals surface area contributed by atoms with Crippen molar-refractivity contribution < 1.29 is 0 Å². The highest BCUT2D eigenvalue weighted by molar-refractivity contribution is 5.89. The summed E-state index contributed by atoms with van der Waals surface area (Å²) in [5.74, 6) is 0. The lowest BCUT2D eigenvalue weighted by molar-refractivity contribution is 0.896. The van der Waals surface area contributed by atoms with E-state index in [1.54, 1.807) is 5.56 Å². The van der Waals surface area contributed by atoms with Crippen LogP contribution < -0.4 is 0 Å². The molecule has 0 amide bonds. The Morgan fingerprint density at radius 3 is 2.11 bits per heavy atom. The van der Waals surface area contributed by atoms with Gasteiger partial charge in [0.25, 0.3) is 0 Å². The monoisotopic (exact) mass is 254 g/mol. The molecule has 0 aliphatic carbocycles. The average Bonchev–Trinajstić information content (AvgIpc) is 2.40. The van der Waals surface area contributed by atoms with E-state index < -0.39 is 0 Å². The van der Waals surface area contributed by atoms with Gasteiger partial charge in [0, 0.05) is 0 Å². The van der Waals surface area contributed by atoms with Gasteiger partial charge in [-0.3, -0.25) is 0 Å². The molecule has 2 rings (SSSR count). The summed E-state index contributed by atoms with van der Waals surface area (Å²) in [6.07, 6.45) is 7.28. The van der Waals surface area contributed by atoms with E-state index in [2.05, 4.69) is 51.1 Å². The molecule has 2 aromatic rings. The maximum atomic E-state index is 2.45. The molecule has 0 fully saturated rings. The zero-order valence-corrected chi connectivity index (χ0v) is 12.6. The van der Waals surface area contributed by atoms with E-state index in [1.165, 1.54) is 60.4 Å². The van der Waals surface area contributed by atoms with Crippen molar-refractivity contribution in [1.29, 1.82) is 0 Å². The minimum atomic E-state index is 1.20. The van der Waals surface area contributed by atoms with Crippen LogP contribution in [0.5, 0.6) is 0 Å². The van der Waals surface area contributed by atoms with Crippen molar-refractivity contribution in [1.82, 2.24) is 0 Å². The molecule has 0 unspecified atom stereocenters. The first-order valence-corrected chi connectivity index (χ1v) is 7.83.